The van der Waals surface area contributed by atoms with Gasteiger partial charge in [-0.3, -0.25) is 0 Å². The van der Waals surface area contributed by atoms with Crippen LogP contribution in [0.5, 0.6) is 0 Å². The molecule has 8 bridgehead atoms. The summed E-state index contributed by atoms with van der Waals surface area (Å²) >= 11 is 6.46. The van der Waals surface area contributed by atoms with Crippen molar-refractivity contribution in [2.75, 3.05) is 0 Å². The highest BCUT2D eigenvalue weighted by molar-refractivity contribution is 6.30. The highest BCUT2D eigenvalue weighted by atomic mass is 35.5. The molecule has 0 atom stereocenters. The van der Waals surface area contributed by atoms with Crippen LogP contribution < -0.4 is 0 Å². The van der Waals surface area contributed by atoms with Gasteiger partial charge in [0.1, 0.15) is 0 Å². The Bertz CT molecular complexity index is 720. The van der Waals surface area contributed by atoms with Gasteiger partial charge < -0.3 is 0 Å². The van der Waals surface area contributed by atoms with E-state index >= 15 is 0 Å². The molecular weight excluding hydrogens is 372 g/mol. The van der Waals surface area contributed by atoms with Crippen LogP contribution in [0, 0.1) is 53.3 Å². The van der Waals surface area contributed by atoms with E-state index in [1.165, 1.54) is 5.56 Å². The van der Waals surface area contributed by atoms with Gasteiger partial charge in [0, 0.05) is 5.02 Å². The summed E-state index contributed by atoms with van der Waals surface area (Å²) in [6, 6.07) is 6.99. The number of aryl methyl sites for hydroxylation is 1. The summed E-state index contributed by atoms with van der Waals surface area (Å²) in [5, 5.41) is 0.932. The quantitative estimate of drug-likeness (QED) is 0.473. The minimum absolute atomic E-state index is 0.610. The van der Waals surface area contributed by atoms with Crippen LogP contribution in [0.3, 0.4) is 0 Å². The smallest absolute Gasteiger partial charge is 0.0408 e. The molecular formula is C28H37Cl. The minimum Gasteiger partial charge on any atom is -0.0843 e. The summed E-state index contributed by atoms with van der Waals surface area (Å²) in [7, 11) is 0. The molecule has 0 unspecified atom stereocenters. The summed E-state index contributed by atoms with van der Waals surface area (Å²) in [5.74, 6) is 7.09. The fraction of sp³-hybridized carbons (Fsp3) is 0.786. The third-order valence-corrected chi connectivity index (χ3v) is 11.2. The van der Waals surface area contributed by atoms with Gasteiger partial charge in [-0.15, -0.1) is 0 Å². The van der Waals surface area contributed by atoms with Crippen LogP contribution in [-0.4, -0.2) is 0 Å². The lowest BCUT2D eigenvalue weighted by atomic mass is 9.37. The molecule has 156 valence electrons. The molecule has 0 nitrogen and oxygen atoms in total. The highest BCUT2D eigenvalue weighted by Gasteiger charge is 2.63. The second-order valence-electron chi connectivity index (χ2n) is 13.0. The van der Waals surface area contributed by atoms with Crippen molar-refractivity contribution in [3.63, 3.8) is 0 Å². The highest BCUT2D eigenvalue weighted by Crippen LogP contribution is 2.74. The van der Waals surface area contributed by atoms with Gasteiger partial charge in [0.25, 0.3) is 0 Å². The largest absolute Gasteiger partial charge is 0.0843 e. The van der Waals surface area contributed by atoms with Crippen LogP contribution >= 0.6 is 11.6 Å². The Morgan fingerprint density at radius 2 is 1.07 bits per heavy atom. The predicted molar refractivity (Wildman–Crippen MR) is 120 cm³/mol. The van der Waals surface area contributed by atoms with E-state index in [1.807, 2.05) is 0 Å². The van der Waals surface area contributed by atoms with E-state index < -0.39 is 0 Å². The molecule has 0 N–H and O–H groups in total. The summed E-state index contributed by atoms with van der Waals surface area (Å²) in [6.45, 7) is 2.37. The van der Waals surface area contributed by atoms with Crippen molar-refractivity contribution in [3.05, 3.63) is 34.3 Å². The topological polar surface area (TPSA) is 0 Å². The molecule has 8 fully saturated rings. The normalized spacial score (nSPS) is 50.3. The van der Waals surface area contributed by atoms with E-state index in [0.717, 1.165) is 46.4 Å². The molecule has 9 rings (SSSR count). The fourth-order valence-electron chi connectivity index (χ4n) is 11.3. The van der Waals surface area contributed by atoms with E-state index in [1.54, 1.807) is 82.6 Å². The van der Waals surface area contributed by atoms with Crippen LogP contribution in [0.25, 0.3) is 0 Å². The van der Waals surface area contributed by atoms with Crippen molar-refractivity contribution in [1.82, 2.24) is 0 Å². The van der Waals surface area contributed by atoms with Crippen molar-refractivity contribution in [3.8, 4) is 0 Å². The Morgan fingerprint density at radius 3 is 1.41 bits per heavy atom. The van der Waals surface area contributed by atoms with E-state index in [2.05, 4.69) is 25.1 Å². The van der Waals surface area contributed by atoms with Crippen LogP contribution in [0.2, 0.25) is 5.02 Å². The maximum absolute atomic E-state index is 6.46. The van der Waals surface area contributed by atoms with Gasteiger partial charge >= 0.3 is 0 Å². The molecule has 8 aliphatic carbocycles. The maximum atomic E-state index is 6.46. The van der Waals surface area contributed by atoms with Crippen LogP contribution in [-0.2, 0) is 0 Å². The molecule has 1 aromatic carbocycles. The molecule has 0 spiro atoms. The molecule has 1 aromatic rings. The van der Waals surface area contributed by atoms with Crippen molar-refractivity contribution in [2.24, 2.45) is 46.3 Å². The third-order valence-electron chi connectivity index (χ3n) is 10.9. The Morgan fingerprint density at radius 1 is 0.690 bits per heavy atom. The summed E-state index contributed by atoms with van der Waals surface area (Å²) < 4.78 is 0. The zero-order valence-electron chi connectivity index (χ0n) is 18.1. The summed E-state index contributed by atoms with van der Waals surface area (Å²) in [6.07, 6.45) is 18.7. The first-order valence-corrected chi connectivity index (χ1v) is 13.1. The van der Waals surface area contributed by atoms with Gasteiger partial charge in [0.15, 0.2) is 0 Å². The predicted octanol–water partition coefficient (Wildman–Crippen LogP) is 8.16. The van der Waals surface area contributed by atoms with Crippen LogP contribution in [0.4, 0.5) is 0 Å². The van der Waals surface area contributed by atoms with Gasteiger partial charge in [-0.2, -0.15) is 0 Å². The van der Waals surface area contributed by atoms with E-state index in [4.69, 9.17) is 11.6 Å². The molecule has 0 saturated heterocycles. The Hall–Kier alpha value is -0.490. The second-order valence-corrected chi connectivity index (χ2v) is 13.4. The van der Waals surface area contributed by atoms with Gasteiger partial charge in [-0.1, -0.05) is 17.7 Å². The zero-order chi connectivity index (χ0) is 19.4. The number of hydrogen-bond acceptors (Lipinski definition) is 0. The molecule has 0 radical (unpaired) electrons. The molecule has 8 saturated carbocycles. The first kappa shape index (κ1) is 18.1. The zero-order valence-corrected chi connectivity index (χ0v) is 18.9. The molecule has 0 aliphatic heterocycles. The van der Waals surface area contributed by atoms with Crippen molar-refractivity contribution >= 4 is 11.6 Å². The lowest BCUT2D eigenvalue weighted by Crippen LogP contribution is -2.57. The van der Waals surface area contributed by atoms with Gasteiger partial charge in [0.2, 0.25) is 0 Å². The van der Waals surface area contributed by atoms with Crippen LogP contribution in [0.15, 0.2) is 18.2 Å². The summed E-state index contributed by atoms with van der Waals surface area (Å²) in [4.78, 5) is 0. The number of halogens is 1. The standard InChI is InChI=1S/C28H37Cl/c1-17-4-24(29)2-3-25(17)26(27-11-18-5-19(12-27)7-20(6-18)13-27)28-14-21-8-22(15-28)10-23(9-21)16-28/h2-4,18-23,26H,5-16H2,1H3. The average molecular weight is 409 g/mol. The van der Waals surface area contributed by atoms with Gasteiger partial charge in [-0.05, 0) is 159 Å². The second kappa shape index (κ2) is 6.05. The Balaban J connectivity index is 1.39. The minimum atomic E-state index is 0.610. The van der Waals surface area contributed by atoms with E-state index in [9.17, 15) is 0 Å². The van der Waals surface area contributed by atoms with Crippen molar-refractivity contribution in [2.45, 2.75) is 89.9 Å². The third kappa shape index (κ3) is 2.63. The lowest BCUT2D eigenvalue weighted by molar-refractivity contribution is -0.144. The molecule has 0 heterocycles. The molecule has 1 heteroatoms. The lowest BCUT2D eigenvalue weighted by Gasteiger charge is -2.67. The van der Waals surface area contributed by atoms with Crippen LogP contribution in [0.1, 0.15) is 94.1 Å². The van der Waals surface area contributed by atoms with Crippen molar-refractivity contribution in [1.29, 1.82) is 0 Å². The Labute approximate surface area is 182 Å². The van der Waals surface area contributed by atoms with Crippen molar-refractivity contribution < 1.29 is 0 Å². The Kier molecular flexibility index (Phi) is 3.78. The molecule has 0 amide bonds. The number of rotatable bonds is 3. The first-order chi connectivity index (χ1) is 14.0. The molecule has 8 aliphatic rings. The van der Waals surface area contributed by atoms with Gasteiger partial charge in [-0.25, -0.2) is 0 Å². The molecule has 29 heavy (non-hydrogen) atoms. The SMILES string of the molecule is Cc1cc(Cl)ccc1C(C12CC3CC(CC(C3)C1)C2)C12CC3CC(CC(C3)C1)C2. The maximum Gasteiger partial charge on any atom is 0.0408 e. The first-order valence-electron chi connectivity index (χ1n) is 12.8. The van der Waals surface area contributed by atoms with E-state index in [-0.39, 0.29) is 0 Å². The molecule has 0 aromatic heterocycles. The van der Waals surface area contributed by atoms with E-state index in [0.29, 0.717) is 10.8 Å². The monoisotopic (exact) mass is 408 g/mol. The number of hydrogen-bond donors (Lipinski definition) is 0. The fourth-order valence-corrected chi connectivity index (χ4v) is 11.6. The number of benzene rings is 1. The van der Waals surface area contributed by atoms with Gasteiger partial charge in [0.05, 0.1) is 0 Å². The summed E-state index contributed by atoms with van der Waals surface area (Å²) in [5.41, 5.74) is 4.44. The average Bonchev–Trinajstić information content (AvgIpc) is 2.61.